The maximum absolute atomic E-state index is 4.06. The second-order valence-corrected chi connectivity index (χ2v) is 6.07. The molecule has 0 nitrogen and oxygen atoms in total. The minimum Gasteiger partial charge on any atom is -0.151 e. The summed E-state index contributed by atoms with van der Waals surface area (Å²) in [4.78, 5) is 0. The Hall–Kier alpha value is -2.12. The zero-order valence-electron chi connectivity index (χ0n) is 12.2. The van der Waals surface area contributed by atoms with E-state index >= 15 is 0 Å². The van der Waals surface area contributed by atoms with Crippen LogP contribution >= 0.6 is 11.3 Å². The summed E-state index contributed by atoms with van der Waals surface area (Å²) in [6.45, 7) is 6.13. The Morgan fingerprint density at radius 1 is 0.905 bits per heavy atom. The van der Waals surface area contributed by atoms with E-state index < -0.39 is 0 Å². The third kappa shape index (κ3) is 3.14. The van der Waals surface area contributed by atoms with Crippen LogP contribution in [0.15, 0.2) is 71.9 Å². The van der Waals surface area contributed by atoms with Crippen molar-refractivity contribution in [3.63, 3.8) is 0 Å². The minimum absolute atomic E-state index is 0.973. The molecule has 3 aromatic rings. The van der Waals surface area contributed by atoms with E-state index in [9.17, 15) is 0 Å². The van der Waals surface area contributed by atoms with Gasteiger partial charge in [0.25, 0.3) is 0 Å². The van der Waals surface area contributed by atoms with Gasteiger partial charge in [0.05, 0.1) is 0 Å². The van der Waals surface area contributed by atoms with E-state index in [1.54, 1.807) is 11.3 Å². The summed E-state index contributed by atoms with van der Waals surface area (Å²) in [5.74, 6) is 0. The smallest absolute Gasteiger partial charge is 0.00115 e. The molecule has 0 N–H and O–H groups in total. The van der Waals surface area contributed by atoms with E-state index in [-0.39, 0.29) is 0 Å². The molecule has 0 fully saturated rings. The summed E-state index contributed by atoms with van der Waals surface area (Å²) in [5.41, 5.74) is 7.70. The summed E-state index contributed by atoms with van der Waals surface area (Å²) in [7, 11) is 0. The Labute approximate surface area is 130 Å². The summed E-state index contributed by atoms with van der Waals surface area (Å²) in [6, 6.07) is 19.4. The van der Waals surface area contributed by atoms with E-state index in [0.717, 1.165) is 12.0 Å². The van der Waals surface area contributed by atoms with Crippen molar-refractivity contribution in [3.8, 4) is 11.1 Å². The first-order valence-electron chi connectivity index (χ1n) is 7.09. The predicted octanol–water partition coefficient (Wildman–Crippen LogP) is 6.04. The summed E-state index contributed by atoms with van der Waals surface area (Å²) in [5, 5.41) is 4.42. The highest BCUT2D eigenvalue weighted by atomic mass is 32.1. The lowest BCUT2D eigenvalue weighted by atomic mass is 9.98. The fourth-order valence-electron chi connectivity index (χ4n) is 2.50. The molecular weight excluding hydrogens is 272 g/mol. The molecule has 0 unspecified atom stereocenters. The van der Waals surface area contributed by atoms with Crippen LogP contribution in [0.3, 0.4) is 0 Å². The highest BCUT2D eigenvalue weighted by molar-refractivity contribution is 7.08. The number of benzene rings is 2. The molecule has 104 valence electrons. The van der Waals surface area contributed by atoms with Crippen LogP contribution < -0.4 is 0 Å². The van der Waals surface area contributed by atoms with Crippen LogP contribution in [0, 0.1) is 0 Å². The van der Waals surface area contributed by atoms with Crippen LogP contribution in [0.4, 0.5) is 0 Å². The zero-order valence-corrected chi connectivity index (χ0v) is 13.0. The van der Waals surface area contributed by atoms with E-state index in [0.29, 0.717) is 0 Å². The van der Waals surface area contributed by atoms with E-state index in [1.807, 2.05) is 6.07 Å². The molecule has 0 radical (unpaired) electrons. The largest absolute Gasteiger partial charge is 0.151 e. The van der Waals surface area contributed by atoms with Gasteiger partial charge in [0, 0.05) is 0 Å². The molecule has 0 saturated carbocycles. The molecule has 1 heterocycles. The SMILES string of the molecule is C=C(C)c1cscc1Cc1ccc(-c2ccccc2)cc1. The van der Waals surface area contributed by atoms with Crippen molar-refractivity contribution in [1.29, 1.82) is 0 Å². The van der Waals surface area contributed by atoms with Crippen molar-refractivity contribution in [2.75, 3.05) is 0 Å². The topological polar surface area (TPSA) is 0 Å². The second-order valence-electron chi connectivity index (χ2n) is 5.33. The third-order valence-corrected chi connectivity index (χ3v) is 4.45. The molecule has 21 heavy (non-hydrogen) atoms. The van der Waals surface area contributed by atoms with Crippen molar-refractivity contribution < 1.29 is 0 Å². The van der Waals surface area contributed by atoms with E-state index in [1.165, 1.54) is 27.8 Å². The Morgan fingerprint density at radius 2 is 1.57 bits per heavy atom. The van der Waals surface area contributed by atoms with Crippen LogP contribution in [-0.2, 0) is 6.42 Å². The normalized spacial score (nSPS) is 10.5. The first-order valence-corrected chi connectivity index (χ1v) is 8.03. The van der Waals surface area contributed by atoms with Crippen LogP contribution in [0.1, 0.15) is 23.6 Å². The monoisotopic (exact) mass is 290 g/mol. The molecule has 0 aliphatic heterocycles. The van der Waals surface area contributed by atoms with Gasteiger partial charge in [0.15, 0.2) is 0 Å². The first-order chi connectivity index (χ1) is 10.2. The lowest BCUT2D eigenvalue weighted by Crippen LogP contribution is -1.90. The molecule has 0 spiro atoms. The summed E-state index contributed by atoms with van der Waals surface area (Å²) in [6.07, 6.45) is 0.973. The fourth-order valence-corrected chi connectivity index (χ4v) is 3.43. The Kier molecular flexibility index (Phi) is 4.03. The second kappa shape index (κ2) is 6.11. The molecule has 0 atom stereocenters. The van der Waals surface area contributed by atoms with Crippen LogP contribution in [0.2, 0.25) is 0 Å². The zero-order chi connectivity index (χ0) is 14.7. The summed E-state index contributed by atoms with van der Waals surface area (Å²) < 4.78 is 0. The Balaban J connectivity index is 1.82. The third-order valence-electron chi connectivity index (χ3n) is 3.66. The molecule has 0 aliphatic rings. The maximum Gasteiger partial charge on any atom is -0.00115 e. The molecule has 0 saturated heterocycles. The molecule has 3 rings (SSSR count). The number of allylic oxidation sites excluding steroid dienone is 1. The maximum atomic E-state index is 4.06. The van der Waals surface area contributed by atoms with Crippen LogP contribution in [0.5, 0.6) is 0 Å². The van der Waals surface area contributed by atoms with Crippen molar-refractivity contribution in [3.05, 3.63) is 88.6 Å². The molecule has 2 aromatic carbocycles. The van der Waals surface area contributed by atoms with E-state index in [4.69, 9.17) is 0 Å². The van der Waals surface area contributed by atoms with Crippen molar-refractivity contribution in [1.82, 2.24) is 0 Å². The average molecular weight is 290 g/mol. The number of hydrogen-bond donors (Lipinski definition) is 0. The molecule has 1 heteroatoms. The van der Waals surface area contributed by atoms with Gasteiger partial charge in [0.1, 0.15) is 0 Å². The van der Waals surface area contributed by atoms with Gasteiger partial charge >= 0.3 is 0 Å². The van der Waals surface area contributed by atoms with Crippen LogP contribution in [-0.4, -0.2) is 0 Å². The number of hydrogen-bond acceptors (Lipinski definition) is 1. The quantitative estimate of drug-likeness (QED) is 0.549. The Bertz CT molecular complexity index is 733. The van der Waals surface area contributed by atoms with Gasteiger partial charge in [0.2, 0.25) is 0 Å². The number of rotatable bonds is 4. The van der Waals surface area contributed by atoms with Gasteiger partial charge in [-0.1, -0.05) is 61.2 Å². The van der Waals surface area contributed by atoms with Gasteiger partial charge in [-0.2, -0.15) is 11.3 Å². The molecule has 0 aliphatic carbocycles. The summed E-state index contributed by atoms with van der Waals surface area (Å²) >= 11 is 1.75. The highest BCUT2D eigenvalue weighted by Crippen LogP contribution is 2.26. The van der Waals surface area contributed by atoms with Gasteiger partial charge in [-0.3, -0.25) is 0 Å². The van der Waals surface area contributed by atoms with Crippen molar-refractivity contribution >= 4 is 16.9 Å². The highest BCUT2D eigenvalue weighted by Gasteiger charge is 2.06. The molecule has 0 amide bonds. The lowest BCUT2D eigenvalue weighted by molar-refractivity contribution is 1.20. The van der Waals surface area contributed by atoms with Gasteiger partial charge < -0.3 is 0 Å². The fraction of sp³-hybridized carbons (Fsp3) is 0.100. The molecular formula is C20H18S. The van der Waals surface area contributed by atoms with Gasteiger partial charge in [-0.15, -0.1) is 0 Å². The van der Waals surface area contributed by atoms with Gasteiger partial charge in [-0.25, -0.2) is 0 Å². The first kappa shape index (κ1) is 13.8. The molecule has 1 aromatic heterocycles. The predicted molar refractivity (Wildman–Crippen MR) is 93.7 cm³/mol. The lowest BCUT2D eigenvalue weighted by Gasteiger charge is -2.06. The Morgan fingerprint density at radius 3 is 2.24 bits per heavy atom. The van der Waals surface area contributed by atoms with E-state index in [2.05, 4.69) is 72.8 Å². The van der Waals surface area contributed by atoms with Crippen LogP contribution in [0.25, 0.3) is 16.7 Å². The average Bonchev–Trinajstić information content (AvgIpc) is 2.97. The van der Waals surface area contributed by atoms with Gasteiger partial charge in [-0.05, 0) is 57.5 Å². The standard InChI is InChI=1S/C20H18S/c1-15(2)20-14-21-13-19(20)12-16-8-10-18(11-9-16)17-6-4-3-5-7-17/h3-11,13-14H,1,12H2,2H3. The number of thiophene rings is 1. The van der Waals surface area contributed by atoms with Crippen molar-refractivity contribution in [2.24, 2.45) is 0 Å². The van der Waals surface area contributed by atoms with Crippen molar-refractivity contribution in [2.45, 2.75) is 13.3 Å². The molecule has 0 bridgehead atoms. The minimum atomic E-state index is 0.973.